The van der Waals surface area contributed by atoms with E-state index in [1.807, 2.05) is 54.6 Å². The highest BCUT2D eigenvalue weighted by Crippen LogP contribution is 2.24. The van der Waals surface area contributed by atoms with Gasteiger partial charge in [0, 0.05) is 32.4 Å². The number of amides is 2. The third-order valence-corrected chi connectivity index (χ3v) is 4.48. The van der Waals surface area contributed by atoms with Crippen LogP contribution < -0.4 is 10.1 Å². The van der Waals surface area contributed by atoms with Crippen LogP contribution in [0.1, 0.15) is 11.1 Å². The van der Waals surface area contributed by atoms with Gasteiger partial charge < -0.3 is 15.0 Å². The van der Waals surface area contributed by atoms with Crippen LogP contribution in [0.15, 0.2) is 72.9 Å². The van der Waals surface area contributed by atoms with Crippen LogP contribution >= 0.6 is 0 Å². The van der Waals surface area contributed by atoms with Crippen molar-refractivity contribution in [3.05, 3.63) is 84.1 Å². The third kappa shape index (κ3) is 6.74. The largest absolute Gasteiger partial charge is 0.468 e. The zero-order chi connectivity index (χ0) is 22.3. The zero-order valence-corrected chi connectivity index (χ0v) is 16.9. The number of nitrogens with zero attached hydrogens (tertiary/aromatic N) is 2. The molecule has 0 fully saturated rings. The van der Waals surface area contributed by atoms with Gasteiger partial charge in [0.05, 0.1) is 0 Å². The maximum atomic E-state index is 12.5. The highest BCUT2D eigenvalue weighted by atomic mass is 19.4. The van der Waals surface area contributed by atoms with Crippen molar-refractivity contribution in [1.82, 2.24) is 15.2 Å². The summed E-state index contributed by atoms with van der Waals surface area (Å²) in [6.45, 7) is -0.888. The molecule has 5 nitrogen and oxygen atoms in total. The van der Waals surface area contributed by atoms with Crippen LogP contribution in [-0.2, 0) is 13.1 Å². The van der Waals surface area contributed by atoms with Crippen molar-refractivity contribution >= 4 is 6.03 Å². The van der Waals surface area contributed by atoms with E-state index < -0.39 is 12.8 Å². The zero-order valence-electron chi connectivity index (χ0n) is 16.9. The number of urea groups is 1. The molecular formula is C23H22F3N3O2. The van der Waals surface area contributed by atoms with Crippen LogP contribution in [0.2, 0.25) is 0 Å². The van der Waals surface area contributed by atoms with Gasteiger partial charge in [-0.15, -0.1) is 0 Å². The first-order chi connectivity index (χ1) is 14.8. The number of aromatic nitrogens is 1. The van der Waals surface area contributed by atoms with Crippen LogP contribution in [0.4, 0.5) is 18.0 Å². The van der Waals surface area contributed by atoms with Gasteiger partial charge in [0.1, 0.15) is 0 Å². The molecule has 0 aliphatic rings. The first kappa shape index (κ1) is 22.1. The fraction of sp³-hybridized carbons (Fsp3) is 0.217. The maximum absolute atomic E-state index is 12.5. The number of carbonyl (C=O) groups excluding carboxylic acids is 1. The Hall–Kier alpha value is -3.55. The van der Waals surface area contributed by atoms with E-state index in [1.165, 1.54) is 12.3 Å². The summed E-state index contributed by atoms with van der Waals surface area (Å²) in [6, 6.07) is 20.4. The first-order valence-corrected chi connectivity index (χ1v) is 9.58. The van der Waals surface area contributed by atoms with E-state index in [2.05, 4.69) is 15.0 Å². The van der Waals surface area contributed by atoms with Gasteiger partial charge in [-0.1, -0.05) is 54.6 Å². The highest BCUT2D eigenvalue weighted by molar-refractivity contribution is 5.75. The van der Waals surface area contributed by atoms with Crippen molar-refractivity contribution in [2.45, 2.75) is 19.3 Å². The van der Waals surface area contributed by atoms with E-state index in [0.717, 1.165) is 16.7 Å². The molecule has 1 aromatic heterocycles. The molecule has 0 unspecified atom stereocenters. The van der Waals surface area contributed by atoms with E-state index in [4.69, 9.17) is 0 Å². The topological polar surface area (TPSA) is 54.5 Å². The van der Waals surface area contributed by atoms with Crippen molar-refractivity contribution in [3.8, 4) is 17.0 Å². The minimum absolute atomic E-state index is 0.133. The lowest BCUT2D eigenvalue weighted by Crippen LogP contribution is -2.36. The van der Waals surface area contributed by atoms with E-state index in [-0.39, 0.29) is 18.5 Å². The minimum atomic E-state index is -4.44. The molecule has 162 valence electrons. The Morgan fingerprint density at radius 2 is 1.77 bits per heavy atom. The molecule has 2 amide bonds. The summed E-state index contributed by atoms with van der Waals surface area (Å²) in [6.07, 6.45) is -3.10. The lowest BCUT2D eigenvalue weighted by molar-refractivity contribution is -0.154. The number of hydrogen-bond donors (Lipinski definition) is 1. The van der Waals surface area contributed by atoms with E-state index in [9.17, 15) is 18.0 Å². The van der Waals surface area contributed by atoms with Crippen LogP contribution in [0.25, 0.3) is 11.1 Å². The number of hydrogen-bond acceptors (Lipinski definition) is 3. The predicted molar refractivity (Wildman–Crippen MR) is 111 cm³/mol. The summed E-state index contributed by atoms with van der Waals surface area (Å²) < 4.78 is 41.5. The molecule has 0 spiro atoms. The molecule has 0 saturated heterocycles. The van der Waals surface area contributed by atoms with Crippen LogP contribution in [-0.4, -0.2) is 35.7 Å². The van der Waals surface area contributed by atoms with Gasteiger partial charge >= 0.3 is 12.2 Å². The van der Waals surface area contributed by atoms with Crippen molar-refractivity contribution in [1.29, 1.82) is 0 Å². The monoisotopic (exact) mass is 429 g/mol. The number of rotatable bonds is 7. The number of carbonyl (C=O) groups is 1. The molecule has 3 rings (SSSR count). The maximum Gasteiger partial charge on any atom is 0.422 e. The molecule has 2 aromatic carbocycles. The molecule has 1 heterocycles. The molecule has 0 aliphatic heterocycles. The fourth-order valence-corrected chi connectivity index (χ4v) is 2.99. The molecular weight excluding hydrogens is 407 g/mol. The van der Waals surface area contributed by atoms with Gasteiger partial charge in [0.2, 0.25) is 5.88 Å². The minimum Gasteiger partial charge on any atom is -0.468 e. The number of pyridine rings is 1. The number of halogens is 3. The standard InChI is InChI=1S/C23H22F3N3O2/c1-29(15-19-9-5-6-10-20(19)18-7-3-2-4-8-18)22(30)28-14-17-11-12-27-21(13-17)31-16-23(24,25)26/h2-13H,14-16H2,1H3,(H,28,30). The Balaban J connectivity index is 1.59. The van der Waals surface area contributed by atoms with Crippen LogP contribution in [0, 0.1) is 0 Å². The highest BCUT2D eigenvalue weighted by Gasteiger charge is 2.28. The second kappa shape index (κ2) is 9.97. The summed E-state index contributed by atoms with van der Waals surface area (Å²) in [5.74, 6) is -0.144. The normalized spacial score (nSPS) is 11.1. The van der Waals surface area contributed by atoms with Gasteiger partial charge in [0.25, 0.3) is 0 Å². The Kier molecular flexibility index (Phi) is 7.12. The molecule has 0 bridgehead atoms. The average molecular weight is 429 g/mol. The summed E-state index contributed by atoms with van der Waals surface area (Å²) in [5, 5.41) is 2.76. The lowest BCUT2D eigenvalue weighted by Gasteiger charge is -2.20. The molecule has 8 heteroatoms. The Morgan fingerprint density at radius 1 is 1.06 bits per heavy atom. The van der Waals surface area contributed by atoms with Crippen LogP contribution in [0.5, 0.6) is 5.88 Å². The molecule has 1 N–H and O–H groups in total. The lowest BCUT2D eigenvalue weighted by atomic mass is 9.99. The van der Waals surface area contributed by atoms with Gasteiger partial charge in [0.15, 0.2) is 6.61 Å². The number of alkyl halides is 3. The molecule has 3 aromatic rings. The average Bonchev–Trinajstić information content (AvgIpc) is 2.77. The van der Waals surface area contributed by atoms with Gasteiger partial charge in [-0.3, -0.25) is 0 Å². The summed E-state index contributed by atoms with van der Waals surface area (Å²) in [4.78, 5) is 17.8. The third-order valence-electron chi connectivity index (χ3n) is 4.48. The number of ether oxygens (including phenoxy) is 1. The van der Waals surface area contributed by atoms with E-state index in [0.29, 0.717) is 12.1 Å². The van der Waals surface area contributed by atoms with Gasteiger partial charge in [-0.2, -0.15) is 13.2 Å². The van der Waals surface area contributed by atoms with E-state index in [1.54, 1.807) is 18.0 Å². The molecule has 0 atom stereocenters. The summed E-state index contributed by atoms with van der Waals surface area (Å²) in [5.41, 5.74) is 3.69. The van der Waals surface area contributed by atoms with Crippen molar-refractivity contribution in [2.24, 2.45) is 0 Å². The van der Waals surface area contributed by atoms with Gasteiger partial charge in [-0.05, 0) is 28.3 Å². The number of benzene rings is 2. The SMILES string of the molecule is CN(Cc1ccccc1-c1ccccc1)C(=O)NCc1ccnc(OCC(F)(F)F)c1. The quantitative estimate of drug-likeness (QED) is 0.573. The molecule has 0 saturated carbocycles. The van der Waals surface area contributed by atoms with Crippen molar-refractivity contribution < 1.29 is 22.7 Å². The first-order valence-electron chi connectivity index (χ1n) is 9.58. The van der Waals surface area contributed by atoms with Crippen molar-refractivity contribution in [2.75, 3.05) is 13.7 Å². The number of nitrogens with one attached hydrogen (secondary N) is 1. The Bertz CT molecular complexity index is 1010. The van der Waals surface area contributed by atoms with Crippen LogP contribution in [0.3, 0.4) is 0 Å². The molecule has 0 radical (unpaired) electrons. The smallest absolute Gasteiger partial charge is 0.422 e. The summed E-state index contributed by atoms with van der Waals surface area (Å²) in [7, 11) is 1.68. The Labute approximate surface area is 178 Å². The van der Waals surface area contributed by atoms with Gasteiger partial charge in [-0.25, -0.2) is 9.78 Å². The summed E-state index contributed by atoms with van der Waals surface area (Å²) >= 11 is 0. The van der Waals surface area contributed by atoms with E-state index >= 15 is 0 Å². The molecule has 31 heavy (non-hydrogen) atoms. The fourth-order valence-electron chi connectivity index (χ4n) is 2.99. The second-order valence-electron chi connectivity index (χ2n) is 6.94. The van der Waals surface area contributed by atoms with Crippen molar-refractivity contribution in [3.63, 3.8) is 0 Å². The predicted octanol–water partition coefficient (Wildman–Crippen LogP) is 5.03. The molecule has 0 aliphatic carbocycles. The second-order valence-corrected chi connectivity index (χ2v) is 6.94. The Morgan fingerprint density at radius 3 is 2.52 bits per heavy atom.